The van der Waals surface area contributed by atoms with Crippen LogP contribution in [0.4, 0.5) is 0 Å². The molecule has 0 fully saturated rings. The van der Waals surface area contributed by atoms with Crippen LogP contribution in [0.5, 0.6) is 0 Å². The SMILES string of the molecule is Clc1ccc(Br)c(-c2cnccn2)n1. The molecule has 0 radical (unpaired) electrons. The van der Waals surface area contributed by atoms with Gasteiger partial charge in [0, 0.05) is 16.9 Å². The van der Waals surface area contributed by atoms with Crippen LogP contribution >= 0.6 is 27.5 Å². The number of nitrogens with zero attached hydrogens (tertiary/aromatic N) is 3. The van der Waals surface area contributed by atoms with Gasteiger partial charge in [0.05, 0.1) is 6.20 Å². The molecule has 5 heteroatoms. The summed E-state index contributed by atoms with van der Waals surface area (Å²) >= 11 is 9.16. The molecule has 0 bridgehead atoms. The predicted octanol–water partition coefficient (Wildman–Crippen LogP) is 2.95. The van der Waals surface area contributed by atoms with Crippen LogP contribution in [0.15, 0.2) is 35.2 Å². The average Bonchev–Trinajstić information content (AvgIpc) is 2.23. The van der Waals surface area contributed by atoms with Gasteiger partial charge in [-0.3, -0.25) is 9.97 Å². The highest BCUT2D eigenvalue weighted by Crippen LogP contribution is 2.25. The Bertz CT molecular complexity index is 447. The van der Waals surface area contributed by atoms with E-state index in [2.05, 4.69) is 30.9 Å². The first-order chi connectivity index (χ1) is 6.77. The Balaban J connectivity index is 2.57. The maximum Gasteiger partial charge on any atom is 0.129 e. The number of rotatable bonds is 1. The van der Waals surface area contributed by atoms with Crippen molar-refractivity contribution in [3.8, 4) is 11.4 Å². The summed E-state index contributed by atoms with van der Waals surface area (Å²) < 4.78 is 0.849. The highest BCUT2D eigenvalue weighted by Gasteiger charge is 2.06. The van der Waals surface area contributed by atoms with E-state index in [9.17, 15) is 0 Å². The Kier molecular flexibility index (Phi) is 2.74. The van der Waals surface area contributed by atoms with Crippen molar-refractivity contribution in [2.75, 3.05) is 0 Å². The second kappa shape index (κ2) is 4.02. The molecule has 0 atom stereocenters. The molecule has 0 unspecified atom stereocenters. The van der Waals surface area contributed by atoms with Gasteiger partial charge in [-0.1, -0.05) is 11.6 Å². The minimum Gasteiger partial charge on any atom is -0.261 e. The van der Waals surface area contributed by atoms with Crippen molar-refractivity contribution < 1.29 is 0 Å². The lowest BCUT2D eigenvalue weighted by Gasteiger charge is -2.01. The Hall–Kier alpha value is -1.00. The van der Waals surface area contributed by atoms with Crippen molar-refractivity contribution >= 4 is 27.5 Å². The van der Waals surface area contributed by atoms with Crippen molar-refractivity contribution in [3.05, 3.63) is 40.3 Å². The average molecular weight is 271 g/mol. The number of pyridine rings is 1. The summed E-state index contributed by atoms with van der Waals surface area (Å²) in [5.74, 6) is 0. The van der Waals surface area contributed by atoms with Gasteiger partial charge in [-0.15, -0.1) is 0 Å². The topological polar surface area (TPSA) is 38.7 Å². The normalized spacial score (nSPS) is 10.1. The van der Waals surface area contributed by atoms with Crippen LogP contribution in [0, 0.1) is 0 Å². The third kappa shape index (κ3) is 1.91. The Morgan fingerprint density at radius 3 is 2.79 bits per heavy atom. The molecular weight excluding hydrogens is 265 g/mol. The molecule has 14 heavy (non-hydrogen) atoms. The van der Waals surface area contributed by atoms with Crippen LogP contribution in [0.2, 0.25) is 5.15 Å². The van der Waals surface area contributed by atoms with E-state index >= 15 is 0 Å². The molecule has 0 amide bonds. The molecule has 2 rings (SSSR count). The lowest BCUT2D eigenvalue weighted by molar-refractivity contribution is 1.17. The Labute approximate surface area is 94.3 Å². The van der Waals surface area contributed by atoms with E-state index in [0.29, 0.717) is 16.5 Å². The van der Waals surface area contributed by atoms with Gasteiger partial charge < -0.3 is 0 Å². The first-order valence-corrected chi connectivity index (χ1v) is 5.03. The van der Waals surface area contributed by atoms with Crippen LogP contribution in [0.1, 0.15) is 0 Å². The van der Waals surface area contributed by atoms with Gasteiger partial charge in [0.1, 0.15) is 16.5 Å². The van der Waals surface area contributed by atoms with E-state index in [1.54, 1.807) is 24.7 Å². The third-order valence-corrected chi connectivity index (χ3v) is 2.47. The van der Waals surface area contributed by atoms with Crippen molar-refractivity contribution in [1.29, 1.82) is 0 Å². The van der Waals surface area contributed by atoms with Crippen LogP contribution < -0.4 is 0 Å². The summed E-state index contributed by atoms with van der Waals surface area (Å²) in [5.41, 5.74) is 1.40. The van der Waals surface area contributed by atoms with Gasteiger partial charge >= 0.3 is 0 Å². The third-order valence-electron chi connectivity index (χ3n) is 1.62. The lowest BCUT2D eigenvalue weighted by atomic mass is 10.3. The number of aromatic nitrogens is 3. The minimum absolute atomic E-state index is 0.439. The fourth-order valence-electron chi connectivity index (χ4n) is 1.02. The molecule has 0 aliphatic carbocycles. The van der Waals surface area contributed by atoms with Gasteiger partial charge in [-0.25, -0.2) is 4.98 Å². The van der Waals surface area contributed by atoms with E-state index in [0.717, 1.165) is 4.47 Å². The molecule has 2 aromatic rings. The maximum absolute atomic E-state index is 5.79. The van der Waals surface area contributed by atoms with Gasteiger partial charge in [0.25, 0.3) is 0 Å². The highest BCUT2D eigenvalue weighted by atomic mass is 79.9. The first-order valence-electron chi connectivity index (χ1n) is 3.86. The Morgan fingerprint density at radius 1 is 1.21 bits per heavy atom. The standard InChI is InChI=1S/C9H5BrClN3/c10-6-1-2-8(11)14-9(6)7-5-12-3-4-13-7/h1-5H. The molecule has 0 spiro atoms. The van der Waals surface area contributed by atoms with Crippen molar-refractivity contribution in [2.24, 2.45) is 0 Å². The molecule has 0 saturated heterocycles. The Morgan fingerprint density at radius 2 is 2.07 bits per heavy atom. The molecule has 3 nitrogen and oxygen atoms in total. The molecule has 2 heterocycles. The lowest BCUT2D eigenvalue weighted by Crippen LogP contribution is -1.89. The van der Waals surface area contributed by atoms with Crippen LogP contribution in [0.25, 0.3) is 11.4 Å². The van der Waals surface area contributed by atoms with Gasteiger partial charge in [-0.2, -0.15) is 0 Å². The molecule has 70 valence electrons. The first kappa shape index (κ1) is 9.55. The molecular formula is C9H5BrClN3. The second-order valence-electron chi connectivity index (χ2n) is 2.56. The largest absolute Gasteiger partial charge is 0.261 e. The van der Waals surface area contributed by atoms with E-state index in [1.807, 2.05) is 6.07 Å². The van der Waals surface area contributed by atoms with Crippen LogP contribution in [0.3, 0.4) is 0 Å². The molecule has 0 N–H and O–H groups in total. The summed E-state index contributed by atoms with van der Waals surface area (Å²) in [5, 5.41) is 0.439. The zero-order chi connectivity index (χ0) is 9.97. The van der Waals surface area contributed by atoms with Crippen molar-refractivity contribution in [3.63, 3.8) is 0 Å². The van der Waals surface area contributed by atoms with Crippen LogP contribution in [-0.2, 0) is 0 Å². The van der Waals surface area contributed by atoms with Crippen LogP contribution in [-0.4, -0.2) is 15.0 Å². The van der Waals surface area contributed by atoms with Gasteiger partial charge in [-0.05, 0) is 28.1 Å². The van der Waals surface area contributed by atoms with E-state index in [4.69, 9.17) is 11.6 Å². The summed E-state index contributed by atoms with van der Waals surface area (Å²) in [4.78, 5) is 12.3. The summed E-state index contributed by atoms with van der Waals surface area (Å²) in [6.45, 7) is 0. The summed E-state index contributed by atoms with van der Waals surface area (Å²) in [6.07, 6.45) is 4.87. The molecule has 0 aromatic carbocycles. The smallest absolute Gasteiger partial charge is 0.129 e. The zero-order valence-electron chi connectivity index (χ0n) is 6.98. The summed E-state index contributed by atoms with van der Waals surface area (Å²) in [6, 6.07) is 3.55. The van der Waals surface area contributed by atoms with Gasteiger partial charge in [0.15, 0.2) is 0 Å². The second-order valence-corrected chi connectivity index (χ2v) is 3.80. The highest BCUT2D eigenvalue weighted by molar-refractivity contribution is 9.10. The molecule has 0 saturated carbocycles. The number of halogens is 2. The molecule has 0 aliphatic heterocycles. The van der Waals surface area contributed by atoms with Crippen molar-refractivity contribution in [1.82, 2.24) is 15.0 Å². The van der Waals surface area contributed by atoms with Crippen molar-refractivity contribution in [2.45, 2.75) is 0 Å². The molecule has 0 aliphatic rings. The fraction of sp³-hybridized carbons (Fsp3) is 0. The zero-order valence-corrected chi connectivity index (χ0v) is 9.33. The quantitative estimate of drug-likeness (QED) is 0.748. The number of hydrogen-bond acceptors (Lipinski definition) is 3. The minimum atomic E-state index is 0.439. The predicted molar refractivity (Wildman–Crippen MR) is 58.0 cm³/mol. The molecule has 2 aromatic heterocycles. The van der Waals surface area contributed by atoms with E-state index in [1.165, 1.54) is 0 Å². The summed E-state index contributed by atoms with van der Waals surface area (Å²) in [7, 11) is 0. The fourth-order valence-corrected chi connectivity index (χ4v) is 1.59. The van der Waals surface area contributed by atoms with E-state index in [-0.39, 0.29) is 0 Å². The van der Waals surface area contributed by atoms with Gasteiger partial charge in [0.2, 0.25) is 0 Å². The monoisotopic (exact) mass is 269 g/mol. The van der Waals surface area contributed by atoms with E-state index < -0.39 is 0 Å². The number of hydrogen-bond donors (Lipinski definition) is 0. The maximum atomic E-state index is 5.79.